The third kappa shape index (κ3) is 1.98. The molecule has 1 fully saturated rings. The van der Waals surface area contributed by atoms with Crippen LogP contribution in [0.15, 0.2) is 11.3 Å². The molecule has 0 aromatic carbocycles. The second-order valence-electron chi connectivity index (χ2n) is 6.62. The minimum absolute atomic E-state index is 0.134. The number of carbonyl (C=O) groups is 3. The molecule has 0 spiro atoms. The fourth-order valence-electron chi connectivity index (χ4n) is 3.38. The third-order valence-corrected chi connectivity index (χ3v) is 4.76. The predicted octanol–water partition coefficient (Wildman–Crippen LogP) is 0.568. The molecule has 8 nitrogen and oxygen atoms in total. The first-order valence-electron chi connectivity index (χ1n) is 8.03. The number of rotatable bonds is 2. The van der Waals surface area contributed by atoms with Gasteiger partial charge in [-0.2, -0.15) is 0 Å². The highest BCUT2D eigenvalue weighted by molar-refractivity contribution is 6.25. The molecule has 1 atom stereocenters. The van der Waals surface area contributed by atoms with Crippen LogP contribution in [0, 0.1) is 0 Å². The molecule has 3 heterocycles. The molecule has 0 unspecified atom stereocenters. The summed E-state index contributed by atoms with van der Waals surface area (Å²) in [7, 11) is 3.33. The lowest BCUT2D eigenvalue weighted by Crippen LogP contribution is -2.36. The van der Waals surface area contributed by atoms with Crippen LogP contribution in [-0.4, -0.2) is 64.1 Å². The number of carbonyl (C=O) groups excluding carboxylic acids is 3. The van der Waals surface area contributed by atoms with Crippen LogP contribution in [0.3, 0.4) is 0 Å². The SMILES string of the molecule is CC1=C(N2CC2)C(=O)c2nc3n(c2C1=O)CC[C@H]3NC(=O)N(C)C. The number of Topliss-reactive ketones (excluding diaryl/α,β-unsaturated/α-hetero) is 2. The standard InChI is InChI=1S/C16H19N5O3/c1-8-11(20-6-7-20)14(23)10-12(13(8)22)21-5-4-9(15(21)18-10)17-16(24)19(2)3/h9H,4-7H2,1-3H3,(H,17,24)/t9-/m1/s1. The average molecular weight is 329 g/mol. The summed E-state index contributed by atoms with van der Waals surface area (Å²) in [6.45, 7) is 3.88. The number of amides is 2. The third-order valence-electron chi connectivity index (χ3n) is 4.76. The molecule has 0 saturated carbocycles. The van der Waals surface area contributed by atoms with Crippen LogP contribution in [0.1, 0.15) is 46.2 Å². The van der Waals surface area contributed by atoms with Gasteiger partial charge in [-0.3, -0.25) is 9.59 Å². The largest absolute Gasteiger partial charge is 0.364 e. The second kappa shape index (κ2) is 4.93. The van der Waals surface area contributed by atoms with Gasteiger partial charge in [-0.15, -0.1) is 0 Å². The van der Waals surface area contributed by atoms with Gasteiger partial charge in [0.05, 0.1) is 11.7 Å². The van der Waals surface area contributed by atoms with Crippen LogP contribution in [-0.2, 0) is 6.54 Å². The molecule has 1 aliphatic carbocycles. The van der Waals surface area contributed by atoms with Gasteiger partial charge in [0.15, 0.2) is 0 Å². The van der Waals surface area contributed by atoms with E-state index in [-0.39, 0.29) is 29.3 Å². The molecule has 1 aromatic rings. The Morgan fingerprint density at radius 3 is 2.54 bits per heavy atom. The summed E-state index contributed by atoms with van der Waals surface area (Å²) < 4.78 is 1.79. The first kappa shape index (κ1) is 14.9. The van der Waals surface area contributed by atoms with Crippen LogP contribution in [0.5, 0.6) is 0 Å². The minimum Gasteiger partial charge on any atom is -0.364 e. The van der Waals surface area contributed by atoms with Crippen molar-refractivity contribution in [3.05, 3.63) is 28.5 Å². The monoisotopic (exact) mass is 329 g/mol. The summed E-state index contributed by atoms with van der Waals surface area (Å²) in [5.74, 6) is 0.278. The Balaban J connectivity index is 1.73. The van der Waals surface area contributed by atoms with Gasteiger partial charge in [-0.25, -0.2) is 9.78 Å². The number of allylic oxidation sites excluding steroid dienone is 2. The first-order chi connectivity index (χ1) is 11.4. The lowest BCUT2D eigenvalue weighted by atomic mass is 9.95. The van der Waals surface area contributed by atoms with Crippen molar-refractivity contribution in [1.29, 1.82) is 0 Å². The van der Waals surface area contributed by atoms with Crippen molar-refractivity contribution in [2.75, 3.05) is 27.2 Å². The number of urea groups is 1. The number of hydrogen-bond donors (Lipinski definition) is 1. The lowest BCUT2D eigenvalue weighted by molar-refractivity contribution is 0.0952. The molecule has 0 bridgehead atoms. The summed E-state index contributed by atoms with van der Waals surface area (Å²) in [5, 5.41) is 2.89. The maximum Gasteiger partial charge on any atom is 0.317 e. The van der Waals surface area contributed by atoms with Gasteiger partial charge in [0.1, 0.15) is 17.2 Å². The molecule has 3 aliphatic rings. The highest BCUT2D eigenvalue weighted by atomic mass is 16.2. The van der Waals surface area contributed by atoms with Crippen molar-refractivity contribution in [1.82, 2.24) is 24.7 Å². The zero-order chi connectivity index (χ0) is 17.2. The van der Waals surface area contributed by atoms with E-state index >= 15 is 0 Å². The van der Waals surface area contributed by atoms with Gasteiger partial charge in [0.2, 0.25) is 11.6 Å². The van der Waals surface area contributed by atoms with E-state index in [0.29, 0.717) is 35.8 Å². The zero-order valence-electron chi connectivity index (χ0n) is 13.9. The van der Waals surface area contributed by atoms with Gasteiger partial charge in [0.25, 0.3) is 0 Å². The van der Waals surface area contributed by atoms with Crippen molar-refractivity contribution >= 4 is 17.6 Å². The summed E-state index contributed by atoms with van der Waals surface area (Å²) >= 11 is 0. The molecule has 8 heteroatoms. The van der Waals surface area contributed by atoms with Gasteiger partial charge >= 0.3 is 6.03 Å². The van der Waals surface area contributed by atoms with E-state index in [4.69, 9.17) is 0 Å². The minimum atomic E-state index is -0.281. The van der Waals surface area contributed by atoms with Crippen LogP contribution < -0.4 is 5.32 Å². The molecule has 0 radical (unpaired) electrons. The Morgan fingerprint density at radius 2 is 1.92 bits per heavy atom. The fraction of sp³-hybridized carbons (Fsp3) is 0.500. The molecule has 2 amide bonds. The number of aromatic nitrogens is 2. The molecule has 126 valence electrons. The first-order valence-corrected chi connectivity index (χ1v) is 8.03. The van der Waals surface area contributed by atoms with Crippen molar-refractivity contribution in [2.24, 2.45) is 0 Å². The van der Waals surface area contributed by atoms with Gasteiger partial charge in [-0.05, 0) is 13.3 Å². The molecule has 2 aliphatic heterocycles. The Kier molecular flexibility index (Phi) is 3.06. The summed E-state index contributed by atoms with van der Waals surface area (Å²) in [6.07, 6.45) is 0.665. The molecule has 1 aromatic heterocycles. The zero-order valence-corrected chi connectivity index (χ0v) is 13.9. The number of nitrogens with zero attached hydrogens (tertiary/aromatic N) is 4. The number of imidazole rings is 1. The highest BCUT2D eigenvalue weighted by Gasteiger charge is 2.43. The van der Waals surface area contributed by atoms with Crippen molar-refractivity contribution in [3.8, 4) is 0 Å². The summed E-state index contributed by atoms with van der Waals surface area (Å²) in [5.41, 5.74) is 1.58. The molecule has 1 N–H and O–H groups in total. The predicted molar refractivity (Wildman–Crippen MR) is 84.7 cm³/mol. The van der Waals surface area contributed by atoms with Crippen molar-refractivity contribution in [3.63, 3.8) is 0 Å². The van der Waals surface area contributed by atoms with Gasteiger partial charge in [-0.1, -0.05) is 0 Å². The van der Waals surface area contributed by atoms with Crippen LogP contribution in [0.25, 0.3) is 0 Å². The number of nitrogens with one attached hydrogen (secondary N) is 1. The van der Waals surface area contributed by atoms with E-state index in [1.165, 1.54) is 4.90 Å². The van der Waals surface area contributed by atoms with E-state index in [0.717, 1.165) is 13.1 Å². The summed E-state index contributed by atoms with van der Waals surface area (Å²) in [4.78, 5) is 45.3. The van der Waals surface area contributed by atoms with E-state index in [1.54, 1.807) is 25.6 Å². The number of hydrogen-bond acceptors (Lipinski definition) is 5. The lowest BCUT2D eigenvalue weighted by Gasteiger charge is -2.17. The topological polar surface area (TPSA) is 87.3 Å². The van der Waals surface area contributed by atoms with Crippen molar-refractivity contribution < 1.29 is 14.4 Å². The number of fused-ring (bicyclic) bond motifs is 3. The fourth-order valence-corrected chi connectivity index (χ4v) is 3.38. The average Bonchev–Trinajstić information content (AvgIpc) is 3.17. The van der Waals surface area contributed by atoms with E-state index in [2.05, 4.69) is 10.3 Å². The molecular weight excluding hydrogens is 310 g/mol. The van der Waals surface area contributed by atoms with Crippen LogP contribution in [0.2, 0.25) is 0 Å². The van der Waals surface area contributed by atoms with E-state index in [9.17, 15) is 14.4 Å². The number of ketones is 2. The van der Waals surface area contributed by atoms with E-state index in [1.807, 2.05) is 4.90 Å². The van der Waals surface area contributed by atoms with Gasteiger partial charge in [0, 0.05) is 39.3 Å². The molecule has 4 rings (SSSR count). The quantitative estimate of drug-likeness (QED) is 0.802. The Morgan fingerprint density at radius 1 is 1.21 bits per heavy atom. The Hall–Kier alpha value is -2.64. The highest BCUT2D eigenvalue weighted by Crippen LogP contribution is 2.35. The van der Waals surface area contributed by atoms with Crippen molar-refractivity contribution in [2.45, 2.75) is 25.9 Å². The Labute approximate surface area is 139 Å². The smallest absolute Gasteiger partial charge is 0.317 e. The summed E-state index contributed by atoms with van der Waals surface area (Å²) in [6, 6.07) is -0.498. The second-order valence-corrected chi connectivity index (χ2v) is 6.62. The molecule has 24 heavy (non-hydrogen) atoms. The molecule has 1 saturated heterocycles. The molecular formula is C16H19N5O3. The normalized spacial score (nSPS) is 21.8. The Bertz CT molecular complexity index is 816. The van der Waals surface area contributed by atoms with Crippen LogP contribution >= 0.6 is 0 Å². The van der Waals surface area contributed by atoms with E-state index < -0.39 is 0 Å². The maximum atomic E-state index is 12.8. The maximum absolute atomic E-state index is 12.8. The van der Waals surface area contributed by atoms with Gasteiger partial charge < -0.3 is 19.7 Å². The van der Waals surface area contributed by atoms with Crippen LogP contribution in [0.4, 0.5) is 4.79 Å².